The van der Waals surface area contributed by atoms with Gasteiger partial charge in [0, 0.05) is 32.3 Å². The van der Waals surface area contributed by atoms with Gasteiger partial charge in [-0.3, -0.25) is 4.79 Å². The van der Waals surface area contributed by atoms with E-state index >= 15 is 0 Å². The van der Waals surface area contributed by atoms with E-state index in [4.69, 9.17) is 4.74 Å². The van der Waals surface area contributed by atoms with Crippen LogP contribution in [0.1, 0.15) is 48.5 Å². The minimum Gasteiger partial charge on any atom is -0.357 e. The molecule has 0 aliphatic carbocycles. The highest BCUT2D eigenvalue weighted by molar-refractivity contribution is 5.97. The Morgan fingerprint density at radius 1 is 1.21 bits per heavy atom. The van der Waals surface area contributed by atoms with E-state index in [-0.39, 0.29) is 12.1 Å². The molecule has 0 bridgehead atoms. The molecule has 29 heavy (non-hydrogen) atoms. The average molecular weight is 394 g/mol. The molecule has 1 aromatic carbocycles. The second-order valence-corrected chi connectivity index (χ2v) is 7.08. The summed E-state index contributed by atoms with van der Waals surface area (Å²) in [4.78, 5) is 16.5. The normalized spacial score (nSPS) is 16.7. The Bertz CT molecular complexity index is 930. The molecule has 1 atom stereocenters. The maximum atomic E-state index is 13.2. The molecule has 8 nitrogen and oxygen atoms in total. The number of rotatable bonds is 7. The maximum Gasteiger partial charge on any atom is 0.256 e. The smallest absolute Gasteiger partial charge is 0.256 e. The summed E-state index contributed by atoms with van der Waals surface area (Å²) in [6.07, 6.45) is 9.20. The van der Waals surface area contributed by atoms with Gasteiger partial charge in [-0.15, -0.1) is 0 Å². The lowest BCUT2D eigenvalue weighted by atomic mass is 10.1. The van der Waals surface area contributed by atoms with E-state index < -0.39 is 0 Å². The van der Waals surface area contributed by atoms with Crippen LogP contribution in [-0.2, 0) is 11.2 Å². The number of para-hydroxylation sites is 1. The molecular formula is C21H26N6O2. The van der Waals surface area contributed by atoms with Gasteiger partial charge in [-0.25, -0.2) is 4.68 Å². The highest BCUT2D eigenvalue weighted by Crippen LogP contribution is 2.22. The number of carbonyl (C=O) groups is 1. The molecule has 4 rings (SSSR count). The number of likely N-dealkylation sites (N-methyl/N-ethyl adjacent to an activating group) is 1. The van der Waals surface area contributed by atoms with Gasteiger partial charge in [-0.2, -0.15) is 20.1 Å². The zero-order valence-electron chi connectivity index (χ0n) is 16.6. The SMILES string of the molecule is CCN(CCc1ccn(C2CCCCO2)n1)C(=O)c1ccccc1-n1nccn1. The number of nitrogens with zero attached hydrogens (tertiary/aromatic N) is 6. The molecule has 1 aliphatic rings. The van der Waals surface area contributed by atoms with Crippen LogP contribution < -0.4 is 0 Å². The largest absolute Gasteiger partial charge is 0.357 e. The first kappa shape index (κ1) is 19.3. The van der Waals surface area contributed by atoms with Crippen LogP contribution in [-0.4, -0.2) is 55.3 Å². The van der Waals surface area contributed by atoms with Gasteiger partial charge in [0.1, 0.15) is 6.23 Å². The molecule has 1 saturated heterocycles. The number of aromatic nitrogens is 5. The minimum absolute atomic E-state index is 0.0320. The summed E-state index contributed by atoms with van der Waals surface area (Å²) < 4.78 is 7.70. The summed E-state index contributed by atoms with van der Waals surface area (Å²) in [7, 11) is 0. The van der Waals surface area contributed by atoms with E-state index in [0.717, 1.165) is 25.1 Å². The first-order valence-corrected chi connectivity index (χ1v) is 10.2. The Labute approximate surface area is 170 Å². The fourth-order valence-corrected chi connectivity index (χ4v) is 3.60. The zero-order valence-corrected chi connectivity index (χ0v) is 16.6. The van der Waals surface area contributed by atoms with Crippen molar-refractivity contribution >= 4 is 5.91 Å². The first-order valence-electron chi connectivity index (χ1n) is 10.2. The van der Waals surface area contributed by atoms with E-state index in [2.05, 4.69) is 15.3 Å². The third-order valence-corrected chi connectivity index (χ3v) is 5.19. The molecule has 0 saturated carbocycles. The van der Waals surface area contributed by atoms with Crippen molar-refractivity contribution in [3.63, 3.8) is 0 Å². The van der Waals surface area contributed by atoms with Crippen LogP contribution in [0.3, 0.4) is 0 Å². The third kappa shape index (κ3) is 4.37. The first-order chi connectivity index (χ1) is 14.3. The van der Waals surface area contributed by atoms with Crippen molar-refractivity contribution in [2.24, 2.45) is 0 Å². The Hall–Kier alpha value is -3.00. The Balaban J connectivity index is 1.44. The lowest BCUT2D eigenvalue weighted by Crippen LogP contribution is -2.33. The fourth-order valence-electron chi connectivity index (χ4n) is 3.60. The highest BCUT2D eigenvalue weighted by atomic mass is 16.5. The van der Waals surface area contributed by atoms with Gasteiger partial charge >= 0.3 is 0 Å². The summed E-state index contributed by atoms with van der Waals surface area (Å²) >= 11 is 0. The molecule has 1 unspecified atom stereocenters. The number of hydrogen-bond acceptors (Lipinski definition) is 5. The molecule has 0 radical (unpaired) electrons. The summed E-state index contributed by atoms with van der Waals surface area (Å²) in [5, 5.41) is 13.0. The zero-order chi connectivity index (χ0) is 20.1. The molecule has 0 N–H and O–H groups in total. The van der Waals surface area contributed by atoms with Crippen molar-refractivity contribution in [3.05, 3.63) is 60.2 Å². The van der Waals surface area contributed by atoms with Crippen molar-refractivity contribution < 1.29 is 9.53 Å². The van der Waals surface area contributed by atoms with E-state index in [1.54, 1.807) is 12.4 Å². The minimum atomic E-state index is -0.0320. The topological polar surface area (TPSA) is 78.1 Å². The third-order valence-electron chi connectivity index (χ3n) is 5.19. The fraction of sp³-hybridized carbons (Fsp3) is 0.429. The number of carbonyl (C=O) groups excluding carboxylic acids is 1. The van der Waals surface area contributed by atoms with Gasteiger partial charge in [0.2, 0.25) is 0 Å². The van der Waals surface area contributed by atoms with Gasteiger partial charge in [-0.05, 0) is 44.4 Å². The second kappa shape index (κ2) is 9.00. The quantitative estimate of drug-likeness (QED) is 0.616. The molecule has 3 aromatic rings. The predicted octanol–water partition coefficient (Wildman–Crippen LogP) is 2.87. The molecule has 1 fully saturated rings. The number of benzene rings is 1. The molecule has 3 heterocycles. The number of amides is 1. The lowest BCUT2D eigenvalue weighted by molar-refractivity contribution is -0.0396. The van der Waals surface area contributed by atoms with E-state index in [1.807, 2.05) is 53.0 Å². The van der Waals surface area contributed by atoms with Crippen LogP contribution in [0.25, 0.3) is 5.69 Å². The predicted molar refractivity (Wildman–Crippen MR) is 108 cm³/mol. The van der Waals surface area contributed by atoms with Crippen molar-refractivity contribution in [3.8, 4) is 5.69 Å². The summed E-state index contributed by atoms with van der Waals surface area (Å²) in [5.41, 5.74) is 2.24. The van der Waals surface area contributed by atoms with Crippen LogP contribution in [0.15, 0.2) is 48.9 Å². The average Bonchev–Trinajstić information content (AvgIpc) is 3.47. The van der Waals surface area contributed by atoms with Crippen molar-refractivity contribution in [1.82, 2.24) is 29.7 Å². The molecular weight excluding hydrogens is 368 g/mol. The van der Waals surface area contributed by atoms with Gasteiger partial charge < -0.3 is 9.64 Å². The van der Waals surface area contributed by atoms with Crippen LogP contribution in [0.5, 0.6) is 0 Å². The standard InChI is InChI=1S/C21H26N6O2/c1-2-25(14-10-17-11-15-26(24-17)20-9-5-6-16-29-20)21(28)18-7-3-4-8-19(18)27-22-12-13-23-27/h3-4,7-8,11-13,15,20H,2,5-6,9-10,14,16H2,1H3. The molecule has 152 valence electrons. The van der Waals surface area contributed by atoms with E-state index in [1.165, 1.54) is 11.2 Å². The van der Waals surface area contributed by atoms with Crippen molar-refractivity contribution in [2.45, 2.75) is 38.8 Å². The van der Waals surface area contributed by atoms with Crippen molar-refractivity contribution in [1.29, 1.82) is 0 Å². The van der Waals surface area contributed by atoms with Gasteiger partial charge in [0.05, 0.1) is 29.3 Å². The monoisotopic (exact) mass is 394 g/mol. The van der Waals surface area contributed by atoms with Gasteiger partial charge in [0.25, 0.3) is 5.91 Å². The summed E-state index contributed by atoms with van der Waals surface area (Å²) in [6.45, 7) is 3.99. The number of hydrogen-bond donors (Lipinski definition) is 0. The number of ether oxygens (including phenoxy) is 1. The molecule has 1 aliphatic heterocycles. The molecule has 8 heteroatoms. The molecule has 2 aromatic heterocycles. The lowest BCUT2D eigenvalue weighted by Gasteiger charge is -2.23. The summed E-state index contributed by atoms with van der Waals surface area (Å²) in [6, 6.07) is 9.43. The maximum absolute atomic E-state index is 13.2. The van der Waals surface area contributed by atoms with Crippen LogP contribution in [0, 0.1) is 0 Å². The molecule has 1 amide bonds. The second-order valence-electron chi connectivity index (χ2n) is 7.08. The summed E-state index contributed by atoms with van der Waals surface area (Å²) in [5.74, 6) is -0.0320. The molecule has 0 spiro atoms. The Kier molecular flexibility index (Phi) is 6.00. The van der Waals surface area contributed by atoms with Crippen LogP contribution in [0.2, 0.25) is 0 Å². The Morgan fingerprint density at radius 2 is 2.03 bits per heavy atom. The van der Waals surface area contributed by atoms with Crippen LogP contribution in [0.4, 0.5) is 0 Å². The van der Waals surface area contributed by atoms with E-state index in [0.29, 0.717) is 30.8 Å². The Morgan fingerprint density at radius 3 is 2.79 bits per heavy atom. The van der Waals surface area contributed by atoms with Gasteiger partial charge in [-0.1, -0.05) is 12.1 Å². The van der Waals surface area contributed by atoms with Crippen molar-refractivity contribution in [2.75, 3.05) is 19.7 Å². The highest BCUT2D eigenvalue weighted by Gasteiger charge is 2.20. The van der Waals surface area contributed by atoms with Crippen LogP contribution >= 0.6 is 0 Å². The van der Waals surface area contributed by atoms with E-state index in [9.17, 15) is 4.79 Å². The van der Waals surface area contributed by atoms with Gasteiger partial charge in [0.15, 0.2) is 0 Å².